The molecule has 6 heteroatoms. The van der Waals surface area contributed by atoms with Crippen molar-refractivity contribution in [1.29, 1.82) is 0 Å². The number of hydrogen-bond donors (Lipinski definition) is 0. The minimum atomic E-state index is -1.67. The van der Waals surface area contributed by atoms with Crippen molar-refractivity contribution in [3.8, 4) is 22.6 Å². The Hall–Kier alpha value is -2.28. The molecule has 3 nitrogen and oxygen atoms in total. The number of ether oxygens (including phenoxy) is 1. The highest BCUT2D eigenvalue weighted by Gasteiger charge is 2.24. The van der Waals surface area contributed by atoms with Crippen molar-refractivity contribution in [2.24, 2.45) is 0 Å². The summed E-state index contributed by atoms with van der Waals surface area (Å²) in [5.41, 5.74) is 2.84. The third-order valence-electron chi connectivity index (χ3n) is 4.04. The predicted molar refractivity (Wildman–Crippen MR) is 109 cm³/mol. The lowest BCUT2D eigenvalue weighted by molar-refractivity contribution is 0.403. The first-order valence-electron chi connectivity index (χ1n) is 8.08. The Labute approximate surface area is 155 Å². The molecule has 0 saturated carbocycles. The van der Waals surface area contributed by atoms with Gasteiger partial charge >= 0.3 is 0 Å². The maximum absolute atomic E-state index is 14.3. The fourth-order valence-corrected chi connectivity index (χ4v) is 3.21. The zero-order chi connectivity index (χ0) is 18.1. The highest BCUT2D eigenvalue weighted by molar-refractivity contribution is 7.38. The second kappa shape index (κ2) is 6.79. The van der Waals surface area contributed by atoms with Gasteiger partial charge in [-0.05, 0) is 41.5 Å². The largest absolute Gasteiger partial charge is 0.457 e. The number of aromatic nitrogens is 2. The third kappa shape index (κ3) is 3.49. The lowest BCUT2D eigenvalue weighted by atomic mass is 10.1. The molecule has 0 fully saturated rings. The minimum Gasteiger partial charge on any atom is -0.457 e. The van der Waals surface area contributed by atoms with Crippen LogP contribution in [0.5, 0.6) is 11.5 Å². The SMILES string of the molecule is FC(P)(P)c1ncc2ccc(-c3ccc(Oc4ccccc4)cc3)cn12. The van der Waals surface area contributed by atoms with Crippen LogP contribution in [0.3, 0.4) is 0 Å². The van der Waals surface area contributed by atoms with Gasteiger partial charge in [-0.2, -0.15) is 0 Å². The van der Waals surface area contributed by atoms with E-state index in [9.17, 15) is 4.39 Å². The molecule has 0 aliphatic heterocycles. The number of hydrogen-bond acceptors (Lipinski definition) is 2. The van der Waals surface area contributed by atoms with Crippen LogP contribution in [0.15, 0.2) is 79.1 Å². The lowest BCUT2D eigenvalue weighted by Crippen LogP contribution is -2.06. The number of fused-ring (bicyclic) bond motifs is 1. The van der Waals surface area contributed by atoms with E-state index in [-0.39, 0.29) is 0 Å². The van der Waals surface area contributed by atoms with E-state index in [0.717, 1.165) is 28.1 Å². The molecule has 2 heterocycles. The Morgan fingerprint density at radius 2 is 1.50 bits per heavy atom. The number of imidazole rings is 1. The molecule has 2 atom stereocenters. The van der Waals surface area contributed by atoms with E-state index in [2.05, 4.69) is 23.5 Å². The highest BCUT2D eigenvalue weighted by Crippen LogP contribution is 2.39. The maximum atomic E-state index is 14.3. The first kappa shape index (κ1) is 17.1. The molecule has 0 spiro atoms. The molecule has 0 radical (unpaired) electrons. The number of pyridine rings is 1. The summed E-state index contributed by atoms with van der Waals surface area (Å²) in [7, 11) is 4.32. The van der Waals surface area contributed by atoms with Gasteiger partial charge in [0.05, 0.1) is 11.7 Å². The monoisotopic (exact) mass is 382 g/mol. The van der Waals surface area contributed by atoms with Crippen molar-refractivity contribution in [1.82, 2.24) is 9.38 Å². The maximum Gasteiger partial charge on any atom is 0.192 e. The first-order chi connectivity index (χ1) is 12.5. The second-order valence-electron chi connectivity index (χ2n) is 6.00. The van der Waals surface area contributed by atoms with Crippen molar-refractivity contribution in [3.63, 3.8) is 0 Å². The van der Waals surface area contributed by atoms with Gasteiger partial charge in [-0.3, -0.25) is 4.40 Å². The first-order valence-corrected chi connectivity index (χ1v) is 9.24. The van der Waals surface area contributed by atoms with E-state index in [0.29, 0.717) is 5.82 Å². The molecule has 0 saturated heterocycles. The molecule has 2 aromatic carbocycles. The Morgan fingerprint density at radius 1 is 0.846 bits per heavy atom. The Balaban J connectivity index is 1.65. The summed E-state index contributed by atoms with van der Waals surface area (Å²) in [6.07, 6.45) is 3.56. The topological polar surface area (TPSA) is 26.5 Å². The number of rotatable bonds is 4. The van der Waals surface area contributed by atoms with Crippen molar-refractivity contribution >= 4 is 24.0 Å². The van der Waals surface area contributed by atoms with Crippen molar-refractivity contribution in [3.05, 3.63) is 84.9 Å². The van der Waals surface area contributed by atoms with Crippen LogP contribution in [0.2, 0.25) is 0 Å². The molecule has 0 amide bonds. The van der Waals surface area contributed by atoms with E-state index in [4.69, 9.17) is 4.74 Å². The van der Waals surface area contributed by atoms with Crippen molar-refractivity contribution < 1.29 is 9.13 Å². The van der Waals surface area contributed by atoms with E-state index < -0.39 is 5.15 Å². The van der Waals surface area contributed by atoms with Gasteiger partial charge in [0.25, 0.3) is 0 Å². The molecular weight excluding hydrogens is 365 g/mol. The van der Waals surface area contributed by atoms with Gasteiger partial charge in [0, 0.05) is 6.20 Å². The second-order valence-corrected chi connectivity index (χ2v) is 8.35. The number of para-hydroxylation sites is 1. The number of halogens is 1. The number of nitrogens with zero attached hydrogens (tertiary/aromatic N) is 2. The van der Waals surface area contributed by atoms with E-state index in [1.54, 1.807) is 10.6 Å². The minimum absolute atomic E-state index is 0.327. The predicted octanol–water partition coefficient (Wildman–Crippen LogP) is 5.62. The molecule has 26 heavy (non-hydrogen) atoms. The normalized spacial score (nSPS) is 11.7. The molecule has 4 rings (SSSR count). The van der Waals surface area contributed by atoms with Crippen LogP contribution >= 0.6 is 18.5 Å². The van der Waals surface area contributed by atoms with Gasteiger partial charge in [0.15, 0.2) is 11.0 Å². The van der Waals surface area contributed by atoms with E-state index in [1.165, 1.54) is 0 Å². The summed E-state index contributed by atoms with van der Waals surface area (Å²) in [6.45, 7) is 0. The van der Waals surface area contributed by atoms with Crippen LogP contribution in [-0.4, -0.2) is 9.38 Å². The standard InChI is InChI=1S/C20H17FN2OP2/c21-20(25,26)19-22-12-16-9-6-15(13-23(16)19)14-7-10-18(11-8-14)24-17-4-2-1-3-5-17/h1-13H,25-26H2. The molecule has 0 N–H and O–H groups in total. The summed E-state index contributed by atoms with van der Waals surface area (Å²) in [5, 5.41) is -1.67. The van der Waals surface area contributed by atoms with Gasteiger partial charge in [-0.1, -0.05) is 54.9 Å². The van der Waals surface area contributed by atoms with Gasteiger partial charge < -0.3 is 4.74 Å². The average molecular weight is 382 g/mol. The van der Waals surface area contributed by atoms with Crippen molar-refractivity contribution in [2.75, 3.05) is 0 Å². The van der Waals surface area contributed by atoms with E-state index >= 15 is 0 Å². The summed E-state index contributed by atoms with van der Waals surface area (Å²) < 4.78 is 21.9. The third-order valence-corrected chi connectivity index (χ3v) is 4.55. The summed E-state index contributed by atoms with van der Waals surface area (Å²) in [5.74, 6) is 1.89. The molecule has 0 bridgehead atoms. The Morgan fingerprint density at radius 3 is 2.19 bits per heavy atom. The van der Waals surface area contributed by atoms with Gasteiger partial charge in [0.2, 0.25) is 0 Å². The Kier molecular flexibility index (Phi) is 4.48. The van der Waals surface area contributed by atoms with Crippen LogP contribution in [0.25, 0.3) is 16.6 Å². The molecule has 130 valence electrons. The quantitative estimate of drug-likeness (QED) is 0.428. The average Bonchev–Trinajstić information content (AvgIpc) is 3.07. The highest BCUT2D eigenvalue weighted by atomic mass is 31.1. The molecule has 2 aromatic heterocycles. The van der Waals surface area contributed by atoms with Crippen LogP contribution in [0.4, 0.5) is 4.39 Å². The summed E-state index contributed by atoms with van der Waals surface area (Å²) in [4.78, 5) is 4.19. The smallest absolute Gasteiger partial charge is 0.192 e. The summed E-state index contributed by atoms with van der Waals surface area (Å²) in [6, 6.07) is 21.4. The zero-order valence-corrected chi connectivity index (χ0v) is 16.2. The molecule has 0 aliphatic rings. The van der Waals surface area contributed by atoms with Crippen LogP contribution in [0, 0.1) is 0 Å². The fourth-order valence-electron chi connectivity index (χ4n) is 2.78. The molecular formula is C20H17FN2OP2. The van der Waals surface area contributed by atoms with Crippen LogP contribution in [0.1, 0.15) is 5.82 Å². The molecule has 4 aromatic rings. The fraction of sp³-hybridized carbons (Fsp3) is 0.0500. The zero-order valence-electron chi connectivity index (χ0n) is 13.8. The van der Waals surface area contributed by atoms with Gasteiger partial charge in [-0.25, -0.2) is 9.37 Å². The van der Waals surface area contributed by atoms with E-state index in [1.807, 2.05) is 72.9 Å². The van der Waals surface area contributed by atoms with Gasteiger partial charge in [-0.15, -0.1) is 0 Å². The van der Waals surface area contributed by atoms with Crippen LogP contribution in [-0.2, 0) is 5.15 Å². The number of alkyl halides is 1. The lowest BCUT2D eigenvalue weighted by Gasteiger charge is -2.13. The summed E-state index contributed by atoms with van der Waals surface area (Å²) >= 11 is 0. The number of benzene rings is 2. The van der Waals surface area contributed by atoms with Crippen LogP contribution < -0.4 is 4.74 Å². The molecule has 2 unspecified atom stereocenters. The Bertz CT molecular complexity index is 1040. The van der Waals surface area contributed by atoms with Gasteiger partial charge in [0.1, 0.15) is 11.5 Å². The molecule has 0 aliphatic carbocycles. The van der Waals surface area contributed by atoms with Crippen molar-refractivity contribution in [2.45, 2.75) is 5.15 Å².